The zero-order valence-electron chi connectivity index (χ0n) is 22.7. The SMILES string of the molecule is CCOC(=O)C(=O)N[C@H]1C[C@@](COC(=O)C(=O)OCC)(C(=O)OCC)C=C1c1ccc(-c2cc(Cl)ccc2F)cc1. The van der Waals surface area contributed by atoms with Gasteiger partial charge in [0.1, 0.15) is 17.8 Å². The number of carbonyl (C=O) groups excluding carboxylic acids is 5. The molecule has 0 unspecified atom stereocenters. The topological polar surface area (TPSA) is 134 Å². The highest BCUT2D eigenvalue weighted by atomic mass is 35.5. The number of hydrogen-bond acceptors (Lipinski definition) is 9. The van der Waals surface area contributed by atoms with Gasteiger partial charge in [0.15, 0.2) is 0 Å². The van der Waals surface area contributed by atoms with Crippen LogP contribution in [0.3, 0.4) is 0 Å². The first kappa shape index (κ1) is 31.3. The Morgan fingerprint density at radius 2 is 1.44 bits per heavy atom. The smallest absolute Gasteiger partial charge is 0.417 e. The predicted molar refractivity (Wildman–Crippen MR) is 145 cm³/mol. The van der Waals surface area contributed by atoms with Crippen LogP contribution >= 0.6 is 11.6 Å². The molecule has 41 heavy (non-hydrogen) atoms. The van der Waals surface area contributed by atoms with E-state index in [-0.39, 0.29) is 31.8 Å². The molecule has 10 nitrogen and oxygen atoms in total. The minimum absolute atomic E-state index is 0.00464. The monoisotopic (exact) mass is 589 g/mol. The summed E-state index contributed by atoms with van der Waals surface area (Å²) in [5.74, 6) is -5.97. The first-order valence-corrected chi connectivity index (χ1v) is 13.2. The van der Waals surface area contributed by atoms with Crippen LogP contribution < -0.4 is 5.32 Å². The van der Waals surface area contributed by atoms with Crippen LogP contribution in [-0.4, -0.2) is 62.3 Å². The fourth-order valence-corrected chi connectivity index (χ4v) is 4.51. The summed E-state index contributed by atoms with van der Waals surface area (Å²) >= 11 is 6.03. The maximum atomic E-state index is 14.4. The molecule has 0 fully saturated rings. The molecule has 2 aromatic rings. The second-order valence-corrected chi connectivity index (χ2v) is 9.36. The van der Waals surface area contributed by atoms with E-state index in [9.17, 15) is 28.4 Å². The van der Waals surface area contributed by atoms with Gasteiger partial charge in [0.05, 0.1) is 25.9 Å². The zero-order valence-corrected chi connectivity index (χ0v) is 23.4. The van der Waals surface area contributed by atoms with Crippen molar-refractivity contribution in [2.24, 2.45) is 5.41 Å². The molecule has 0 aliphatic heterocycles. The lowest BCUT2D eigenvalue weighted by molar-refractivity contribution is -0.172. The number of carbonyl (C=O) groups is 5. The molecule has 2 aromatic carbocycles. The zero-order chi connectivity index (χ0) is 30.2. The Bertz CT molecular complexity index is 1360. The number of esters is 4. The van der Waals surface area contributed by atoms with Crippen molar-refractivity contribution in [3.63, 3.8) is 0 Å². The van der Waals surface area contributed by atoms with Crippen LogP contribution in [0.25, 0.3) is 16.7 Å². The Morgan fingerprint density at radius 3 is 2.07 bits per heavy atom. The molecular weight excluding hydrogens is 561 g/mol. The number of nitrogens with one attached hydrogen (secondary N) is 1. The Balaban J connectivity index is 2.02. The van der Waals surface area contributed by atoms with E-state index in [0.29, 0.717) is 21.7 Å². The number of benzene rings is 2. The molecule has 0 spiro atoms. The van der Waals surface area contributed by atoms with E-state index in [4.69, 9.17) is 25.8 Å². The third-order valence-corrected chi connectivity index (χ3v) is 6.42. The van der Waals surface area contributed by atoms with Crippen LogP contribution in [0.4, 0.5) is 4.39 Å². The highest BCUT2D eigenvalue weighted by molar-refractivity contribution is 6.33. The minimum Gasteiger partial charge on any atom is -0.465 e. The molecule has 0 bridgehead atoms. The fraction of sp³-hybridized carbons (Fsp3) is 0.345. The first-order chi connectivity index (χ1) is 19.5. The van der Waals surface area contributed by atoms with Gasteiger partial charge in [-0.1, -0.05) is 41.9 Å². The molecule has 0 aromatic heterocycles. The van der Waals surface area contributed by atoms with Gasteiger partial charge >= 0.3 is 29.8 Å². The lowest BCUT2D eigenvalue weighted by atomic mass is 9.87. The van der Waals surface area contributed by atoms with Crippen LogP contribution in [-0.2, 0) is 42.9 Å². The van der Waals surface area contributed by atoms with E-state index in [1.165, 1.54) is 31.2 Å². The van der Waals surface area contributed by atoms with Crippen molar-refractivity contribution in [2.75, 3.05) is 26.4 Å². The summed E-state index contributed by atoms with van der Waals surface area (Å²) in [6, 6.07) is 9.74. The summed E-state index contributed by atoms with van der Waals surface area (Å²) < 4.78 is 34.2. The highest BCUT2D eigenvalue weighted by Gasteiger charge is 2.48. The number of rotatable bonds is 9. The van der Waals surface area contributed by atoms with Crippen molar-refractivity contribution in [3.8, 4) is 11.1 Å². The van der Waals surface area contributed by atoms with Crippen molar-refractivity contribution in [2.45, 2.75) is 33.2 Å². The van der Waals surface area contributed by atoms with Gasteiger partial charge in [-0.2, -0.15) is 0 Å². The van der Waals surface area contributed by atoms with Crippen LogP contribution in [0, 0.1) is 11.2 Å². The molecular formula is C29H29ClFNO9. The van der Waals surface area contributed by atoms with E-state index in [1.807, 2.05) is 0 Å². The lowest BCUT2D eigenvalue weighted by Gasteiger charge is -2.25. The van der Waals surface area contributed by atoms with E-state index >= 15 is 0 Å². The maximum Gasteiger partial charge on any atom is 0.417 e. The highest BCUT2D eigenvalue weighted by Crippen LogP contribution is 2.43. The summed E-state index contributed by atoms with van der Waals surface area (Å²) in [5, 5.41) is 2.91. The Hall–Kier alpha value is -4.25. The van der Waals surface area contributed by atoms with Gasteiger partial charge in [0, 0.05) is 10.6 Å². The number of ether oxygens (including phenoxy) is 4. The molecule has 0 radical (unpaired) electrons. The Kier molecular flexibility index (Phi) is 10.6. The van der Waals surface area contributed by atoms with Gasteiger partial charge in [-0.3, -0.25) is 9.59 Å². The normalized spacial score (nSPS) is 17.7. The third kappa shape index (κ3) is 7.49. The van der Waals surface area contributed by atoms with Gasteiger partial charge in [-0.15, -0.1) is 0 Å². The average molecular weight is 590 g/mol. The average Bonchev–Trinajstić information content (AvgIpc) is 3.33. The summed E-state index contributed by atoms with van der Waals surface area (Å²) in [6.45, 7) is 3.94. The molecule has 3 rings (SSSR count). The van der Waals surface area contributed by atoms with Crippen LogP contribution in [0.5, 0.6) is 0 Å². The third-order valence-electron chi connectivity index (χ3n) is 6.18. The second-order valence-electron chi connectivity index (χ2n) is 8.93. The minimum atomic E-state index is -1.63. The van der Waals surface area contributed by atoms with Crippen LogP contribution in [0.1, 0.15) is 32.8 Å². The Labute approximate surface area is 240 Å². The maximum absolute atomic E-state index is 14.4. The van der Waals surface area contributed by atoms with Crippen LogP contribution in [0.2, 0.25) is 5.02 Å². The summed E-state index contributed by atoms with van der Waals surface area (Å²) in [6.07, 6.45) is 1.29. The summed E-state index contributed by atoms with van der Waals surface area (Å²) in [5.41, 5.74) is 0.0507. The van der Waals surface area contributed by atoms with E-state index < -0.39 is 53.7 Å². The van der Waals surface area contributed by atoms with E-state index in [1.54, 1.807) is 38.1 Å². The summed E-state index contributed by atoms with van der Waals surface area (Å²) in [4.78, 5) is 61.8. The molecule has 2 atom stereocenters. The number of halogens is 2. The quantitative estimate of drug-likeness (QED) is 0.264. The van der Waals surface area contributed by atoms with Crippen LogP contribution in [0.15, 0.2) is 48.5 Å². The molecule has 0 saturated heterocycles. The second kappa shape index (κ2) is 13.9. The van der Waals surface area contributed by atoms with Gasteiger partial charge < -0.3 is 24.3 Å². The molecule has 0 heterocycles. The molecule has 218 valence electrons. The molecule has 1 aliphatic rings. The summed E-state index contributed by atoms with van der Waals surface area (Å²) in [7, 11) is 0. The molecule has 0 saturated carbocycles. The Morgan fingerprint density at radius 1 is 0.854 bits per heavy atom. The molecule has 1 aliphatic carbocycles. The predicted octanol–water partition coefficient (Wildman–Crippen LogP) is 3.64. The van der Waals surface area contributed by atoms with Gasteiger partial charge in [-0.25, -0.2) is 18.8 Å². The van der Waals surface area contributed by atoms with E-state index in [0.717, 1.165) is 0 Å². The molecule has 1 N–H and O–H groups in total. The largest absolute Gasteiger partial charge is 0.465 e. The first-order valence-electron chi connectivity index (χ1n) is 12.8. The van der Waals surface area contributed by atoms with Gasteiger partial charge in [-0.05, 0) is 62.1 Å². The number of amides is 1. The van der Waals surface area contributed by atoms with Gasteiger partial charge in [0.2, 0.25) is 0 Å². The lowest BCUT2D eigenvalue weighted by Crippen LogP contribution is -2.43. The number of hydrogen-bond donors (Lipinski definition) is 1. The standard InChI is InChI=1S/C29H29ClFNO9/c1-4-38-25(34)24(33)32-23-15-29(28(37)40-6-3,16-41-27(36)26(35)39-5-2)14-21(23)18-9-7-17(8-10-18)20-13-19(30)11-12-22(20)31/h7-14,23H,4-6,15-16H2,1-3H3,(H,32,33)/t23-,29-/m0/s1. The van der Waals surface area contributed by atoms with Gasteiger partial charge in [0.25, 0.3) is 0 Å². The van der Waals surface area contributed by atoms with Crippen molar-refractivity contribution in [3.05, 3.63) is 64.9 Å². The van der Waals surface area contributed by atoms with E-state index in [2.05, 4.69) is 10.1 Å². The van der Waals surface area contributed by atoms with Crippen molar-refractivity contribution >= 4 is 47.0 Å². The van der Waals surface area contributed by atoms with Crippen molar-refractivity contribution in [1.82, 2.24) is 5.32 Å². The van der Waals surface area contributed by atoms with Crippen molar-refractivity contribution < 1.29 is 47.3 Å². The molecule has 1 amide bonds. The van der Waals surface area contributed by atoms with Crippen molar-refractivity contribution in [1.29, 1.82) is 0 Å². The molecule has 12 heteroatoms. The fourth-order valence-electron chi connectivity index (χ4n) is 4.34.